The van der Waals surface area contributed by atoms with Crippen molar-refractivity contribution in [3.8, 4) is 0 Å². The van der Waals surface area contributed by atoms with Crippen molar-refractivity contribution in [1.82, 2.24) is 0 Å². The molecular formula is C58H89O11P. The maximum atomic E-state index is 12.8. The molecule has 0 aliphatic heterocycles. The van der Waals surface area contributed by atoms with E-state index in [1.165, 1.54) is 0 Å². The molecule has 11 nitrogen and oxygen atoms in total. The van der Waals surface area contributed by atoms with Crippen molar-refractivity contribution in [1.29, 1.82) is 0 Å². The molecule has 0 radical (unpaired) electrons. The van der Waals surface area contributed by atoms with Gasteiger partial charge in [0.1, 0.15) is 12.7 Å². The maximum absolute atomic E-state index is 12.8. The van der Waals surface area contributed by atoms with Crippen LogP contribution in [0.4, 0.5) is 0 Å². The van der Waals surface area contributed by atoms with Crippen molar-refractivity contribution in [2.75, 3.05) is 26.4 Å². The van der Waals surface area contributed by atoms with E-state index in [2.05, 4.69) is 130 Å². The molecule has 0 aliphatic carbocycles. The molecule has 0 aromatic carbocycles. The molecule has 0 aromatic rings. The lowest BCUT2D eigenvalue weighted by atomic mass is 10.1. The number of ether oxygens (including phenoxy) is 3. The molecule has 0 aromatic heterocycles. The first-order valence-corrected chi connectivity index (χ1v) is 27.2. The fraction of sp³-hybridized carbons (Fsp3) is 0.534. The minimum Gasteiger partial charge on any atom is -0.461 e. The third-order valence-electron chi connectivity index (χ3n) is 9.79. The van der Waals surface area contributed by atoms with Crippen molar-refractivity contribution in [3.63, 3.8) is 0 Å². The Labute approximate surface area is 422 Å². The Morgan fingerprint density at radius 1 is 0.414 bits per heavy atom. The first-order valence-electron chi connectivity index (χ1n) is 25.7. The summed E-state index contributed by atoms with van der Waals surface area (Å²) in [6, 6.07) is 0. The van der Waals surface area contributed by atoms with Gasteiger partial charge in [0.25, 0.3) is 0 Å². The monoisotopic (exact) mass is 993 g/mol. The highest BCUT2D eigenvalue weighted by Crippen LogP contribution is 2.43. The van der Waals surface area contributed by atoms with Crippen LogP contribution in [0.1, 0.15) is 162 Å². The van der Waals surface area contributed by atoms with E-state index in [0.29, 0.717) is 19.3 Å². The number of allylic oxidation sites excluding steroid dienone is 23. The predicted molar refractivity (Wildman–Crippen MR) is 288 cm³/mol. The Balaban J connectivity index is 4.98. The van der Waals surface area contributed by atoms with Crippen LogP contribution in [0.15, 0.2) is 146 Å². The van der Waals surface area contributed by atoms with Crippen LogP contribution in [-0.2, 0) is 42.2 Å². The zero-order valence-electron chi connectivity index (χ0n) is 42.9. The van der Waals surface area contributed by atoms with Gasteiger partial charge in [0.05, 0.1) is 26.2 Å². The predicted octanol–water partition coefficient (Wildman–Crippen LogP) is 14.8. The fourth-order valence-corrected chi connectivity index (χ4v) is 6.77. The Bertz CT molecular complexity index is 1730. The van der Waals surface area contributed by atoms with Crippen LogP contribution in [-0.4, -0.2) is 66.5 Å². The maximum Gasteiger partial charge on any atom is 0.472 e. The summed E-state index contributed by atoms with van der Waals surface area (Å²) in [5.74, 6) is -1.75. The quantitative estimate of drug-likeness (QED) is 0.0197. The number of hydrogen-bond acceptors (Lipinski definition) is 10. The summed E-state index contributed by atoms with van der Waals surface area (Å²) in [6.07, 6.45) is 64.4. The summed E-state index contributed by atoms with van der Waals surface area (Å²) < 4.78 is 39.1. The number of aliphatic hydroxyl groups excluding tert-OH is 1. The number of hydrogen-bond donors (Lipinski definition) is 2. The minimum absolute atomic E-state index is 0.0227. The minimum atomic E-state index is -4.79. The van der Waals surface area contributed by atoms with Crippen LogP contribution in [0.2, 0.25) is 0 Å². The number of unbranched alkanes of at least 4 members (excludes halogenated alkanes) is 5. The number of phosphoric acid groups is 1. The highest BCUT2D eigenvalue weighted by molar-refractivity contribution is 7.47. The number of phosphoric ester groups is 1. The summed E-state index contributed by atoms with van der Waals surface area (Å²) in [7, 11) is -4.79. The van der Waals surface area contributed by atoms with E-state index in [9.17, 15) is 28.9 Å². The van der Waals surface area contributed by atoms with Gasteiger partial charge in [-0.05, 0) is 103 Å². The van der Waals surface area contributed by atoms with Gasteiger partial charge in [0.15, 0.2) is 6.10 Å². The number of rotatable bonds is 45. The number of carbonyl (C=O) groups excluding carboxylic acids is 3. The molecule has 70 heavy (non-hydrogen) atoms. The van der Waals surface area contributed by atoms with Gasteiger partial charge in [-0.2, -0.15) is 0 Å². The summed E-state index contributed by atoms with van der Waals surface area (Å²) in [5.41, 5.74) is 0. The van der Waals surface area contributed by atoms with Crippen molar-refractivity contribution in [2.45, 2.75) is 174 Å². The summed E-state index contributed by atoms with van der Waals surface area (Å²) in [6.45, 7) is 4.03. The highest BCUT2D eigenvalue weighted by Gasteiger charge is 2.28. The van der Waals surface area contributed by atoms with Crippen molar-refractivity contribution >= 4 is 25.7 Å². The Hall–Kier alpha value is -4.64. The molecule has 2 N–H and O–H groups in total. The molecule has 0 bridgehead atoms. The molecular weight excluding hydrogens is 904 g/mol. The normalized spacial score (nSPS) is 14.6. The summed E-state index contributed by atoms with van der Waals surface area (Å²) in [5, 5.41) is 9.76. The highest BCUT2D eigenvalue weighted by atomic mass is 31.2. The average Bonchev–Trinajstić information content (AvgIpc) is 3.35. The Morgan fingerprint density at radius 3 is 1.23 bits per heavy atom. The van der Waals surface area contributed by atoms with Crippen LogP contribution in [0.25, 0.3) is 0 Å². The Kier molecular flexibility index (Phi) is 47.4. The standard InChI is InChI=1S/C58H89O11P/c1-4-7-10-13-16-19-22-25-27-30-32-35-38-41-44-47-56(60)65-51-55(69-58(62)49-46-43-40-37-34-31-28-26-23-20-17-14-11-8-5-2)53-67-70(63,64)66-52-54(50-59)68-57(61)48-45-42-39-36-33-29-24-21-18-15-12-9-6-3/h7-12,16-21,25-29,32-33,35,39,41-42,44,54-55,59H,4-6,13-15,22-24,30-31,34,36-38,40,43,45-53H2,1-3H3,(H,63,64)/b10-7-,11-8-,12-9-,19-16-,20-17-,21-18-,27-25-,28-26-,33-29-,35-32-,42-39-,44-41-. The van der Waals surface area contributed by atoms with Gasteiger partial charge >= 0.3 is 25.7 Å². The van der Waals surface area contributed by atoms with E-state index >= 15 is 0 Å². The van der Waals surface area contributed by atoms with Gasteiger partial charge in [-0.3, -0.25) is 23.4 Å². The molecule has 392 valence electrons. The summed E-state index contributed by atoms with van der Waals surface area (Å²) >= 11 is 0. The molecule has 0 rings (SSSR count). The first-order chi connectivity index (χ1) is 34.2. The van der Waals surface area contributed by atoms with Gasteiger partial charge < -0.3 is 24.2 Å². The molecule has 0 amide bonds. The van der Waals surface area contributed by atoms with Crippen LogP contribution >= 0.6 is 7.82 Å². The van der Waals surface area contributed by atoms with E-state index < -0.39 is 64.4 Å². The Morgan fingerprint density at radius 2 is 0.771 bits per heavy atom. The third kappa shape index (κ3) is 48.4. The van der Waals surface area contributed by atoms with E-state index in [4.69, 9.17) is 23.3 Å². The second-order valence-corrected chi connectivity index (χ2v) is 17.7. The SMILES string of the molecule is CC/C=C\C/C=C\C/C=C\C/C=C\C/C=C\CC(=O)OCC(COP(=O)(O)OCC(CO)OC(=O)CC/C=C\C/C=C\C/C=C\C/C=C\CC)OC(=O)CCCCCCC/C=C\C/C=C\C/C=C\CC. The lowest BCUT2D eigenvalue weighted by Crippen LogP contribution is -2.30. The molecule has 3 unspecified atom stereocenters. The van der Waals surface area contributed by atoms with Gasteiger partial charge in [0.2, 0.25) is 0 Å². The zero-order valence-corrected chi connectivity index (χ0v) is 43.8. The van der Waals surface area contributed by atoms with Crippen LogP contribution < -0.4 is 0 Å². The lowest BCUT2D eigenvalue weighted by molar-refractivity contribution is -0.161. The first kappa shape index (κ1) is 65.4. The van der Waals surface area contributed by atoms with Gasteiger partial charge in [-0.25, -0.2) is 4.57 Å². The van der Waals surface area contributed by atoms with E-state index in [1.54, 1.807) is 6.08 Å². The molecule has 0 heterocycles. The van der Waals surface area contributed by atoms with Crippen LogP contribution in [0.3, 0.4) is 0 Å². The van der Waals surface area contributed by atoms with E-state index in [1.807, 2.05) is 30.4 Å². The molecule has 0 fully saturated rings. The smallest absolute Gasteiger partial charge is 0.461 e. The number of aliphatic hydroxyl groups is 1. The van der Waals surface area contributed by atoms with E-state index in [-0.39, 0.29) is 19.3 Å². The largest absolute Gasteiger partial charge is 0.472 e. The third-order valence-corrected chi connectivity index (χ3v) is 10.7. The second-order valence-electron chi connectivity index (χ2n) is 16.2. The fourth-order valence-electron chi connectivity index (χ4n) is 5.98. The van der Waals surface area contributed by atoms with Crippen molar-refractivity contribution in [2.24, 2.45) is 0 Å². The number of esters is 3. The van der Waals surface area contributed by atoms with Crippen LogP contribution in [0.5, 0.6) is 0 Å². The second kappa shape index (κ2) is 50.7. The molecule has 3 atom stereocenters. The van der Waals surface area contributed by atoms with Gasteiger partial charge in [0, 0.05) is 12.8 Å². The van der Waals surface area contributed by atoms with E-state index in [0.717, 1.165) is 103 Å². The lowest BCUT2D eigenvalue weighted by Gasteiger charge is -2.21. The zero-order chi connectivity index (χ0) is 51.3. The van der Waals surface area contributed by atoms with Crippen LogP contribution in [0, 0.1) is 0 Å². The van der Waals surface area contributed by atoms with Crippen molar-refractivity contribution in [3.05, 3.63) is 146 Å². The molecule has 0 saturated carbocycles. The van der Waals surface area contributed by atoms with Gasteiger partial charge in [-0.1, -0.05) is 186 Å². The molecule has 0 aliphatic rings. The van der Waals surface area contributed by atoms with Gasteiger partial charge in [-0.15, -0.1) is 0 Å². The summed E-state index contributed by atoms with van der Waals surface area (Å²) in [4.78, 5) is 48.2. The molecule has 0 spiro atoms. The molecule has 0 saturated heterocycles. The number of carbonyl (C=O) groups is 3. The van der Waals surface area contributed by atoms with Crippen molar-refractivity contribution < 1.29 is 52.2 Å². The average molecular weight is 993 g/mol. The topological polar surface area (TPSA) is 155 Å². The molecule has 12 heteroatoms.